The molecule has 0 bridgehead atoms. The summed E-state index contributed by atoms with van der Waals surface area (Å²) in [6.07, 6.45) is 3.97. The Bertz CT molecular complexity index is 1030. The summed E-state index contributed by atoms with van der Waals surface area (Å²) in [5, 5.41) is 3.33. The second-order valence-corrected chi connectivity index (χ2v) is 7.81. The molecular formula is C19H20ClN3O3S. The van der Waals surface area contributed by atoms with Crippen molar-refractivity contribution < 1.29 is 9.53 Å². The lowest BCUT2D eigenvalue weighted by molar-refractivity contribution is -0.116. The molecule has 0 atom stereocenters. The summed E-state index contributed by atoms with van der Waals surface area (Å²) in [6.45, 7) is 4.07. The minimum Gasteiger partial charge on any atom is -0.485 e. The van der Waals surface area contributed by atoms with Crippen molar-refractivity contribution in [2.75, 3.05) is 5.32 Å². The lowest BCUT2D eigenvalue weighted by Crippen LogP contribution is -2.15. The molecule has 2 heterocycles. The zero-order valence-corrected chi connectivity index (χ0v) is 16.7. The number of nitrogens with one attached hydrogen (secondary N) is 1. The minimum absolute atomic E-state index is 0.0872. The van der Waals surface area contributed by atoms with E-state index < -0.39 is 0 Å². The van der Waals surface area contributed by atoms with Gasteiger partial charge in [0.05, 0.1) is 11.4 Å². The lowest BCUT2D eigenvalue weighted by Gasteiger charge is -2.13. The van der Waals surface area contributed by atoms with E-state index in [9.17, 15) is 9.59 Å². The molecule has 3 aromatic rings. The molecule has 2 aromatic heterocycles. The van der Waals surface area contributed by atoms with Crippen molar-refractivity contribution in [2.45, 2.75) is 39.7 Å². The molecule has 6 nitrogen and oxygen atoms in total. The van der Waals surface area contributed by atoms with Gasteiger partial charge in [0.2, 0.25) is 5.91 Å². The van der Waals surface area contributed by atoms with Gasteiger partial charge in [-0.15, -0.1) is 11.3 Å². The third kappa shape index (κ3) is 4.87. The highest BCUT2D eigenvalue weighted by molar-refractivity contribution is 7.16. The molecule has 0 aliphatic heterocycles. The standard InChI is InChI=1S/C19H20ClN3O3S/c1-3-4-5-17(24)22-15-8-13(20)6-7-16(15)26-11-14-9-18(25)23-10-12(2)27-19(23)21-14/h6-10H,3-5,11H2,1-2H3,(H,22,24). The number of carbonyl (C=O) groups is 1. The molecular weight excluding hydrogens is 386 g/mol. The molecule has 1 aromatic carbocycles. The van der Waals surface area contributed by atoms with Gasteiger partial charge >= 0.3 is 0 Å². The van der Waals surface area contributed by atoms with E-state index in [1.165, 1.54) is 21.8 Å². The number of aryl methyl sites for hydroxylation is 1. The first-order valence-electron chi connectivity index (χ1n) is 8.67. The maximum atomic E-state index is 12.2. The van der Waals surface area contributed by atoms with Crippen LogP contribution >= 0.6 is 22.9 Å². The number of benzene rings is 1. The van der Waals surface area contributed by atoms with Crippen molar-refractivity contribution in [1.29, 1.82) is 0 Å². The fraction of sp³-hybridized carbons (Fsp3) is 0.316. The normalized spacial score (nSPS) is 10.9. The van der Waals surface area contributed by atoms with Crippen molar-refractivity contribution in [3.05, 3.63) is 56.4 Å². The third-order valence-corrected chi connectivity index (χ3v) is 5.02. The highest BCUT2D eigenvalue weighted by Crippen LogP contribution is 2.29. The summed E-state index contributed by atoms with van der Waals surface area (Å²) in [7, 11) is 0. The van der Waals surface area contributed by atoms with Gasteiger partial charge in [0.25, 0.3) is 5.56 Å². The summed E-state index contributed by atoms with van der Waals surface area (Å²) >= 11 is 7.49. The topological polar surface area (TPSA) is 72.7 Å². The van der Waals surface area contributed by atoms with E-state index in [-0.39, 0.29) is 18.1 Å². The van der Waals surface area contributed by atoms with Gasteiger partial charge in [-0.3, -0.25) is 14.0 Å². The van der Waals surface area contributed by atoms with Crippen LogP contribution in [-0.4, -0.2) is 15.3 Å². The maximum absolute atomic E-state index is 12.2. The van der Waals surface area contributed by atoms with E-state index in [0.717, 1.165) is 17.7 Å². The van der Waals surface area contributed by atoms with Crippen molar-refractivity contribution >= 4 is 39.5 Å². The molecule has 3 rings (SSSR count). The molecule has 0 radical (unpaired) electrons. The number of rotatable bonds is 7. The van der Waals surface area contributed by atoms with Gasteiger partial charge in [0.1, 0.15) is 12.4 Å². The second-order valence-electron chi connectivity index (χ2n) is 6.16. The molecule has 1 N–H and O–H groups in total. The van der Waals surface area contributed by atoms with Crippen LogP contribution in [0.3, 0.4) is 0 Å². The zero-order chi connectivity index (χ0) is 19.4. The molecule has 0 aliphatic rings. The number of anilines is 1. The van der Waals surface area contributed by atoms with Crippen LogP contribution in [-0.2, 0) is 11.4 Å². The van der Waals surface area contributed by atoms with Crippen molar-refractivity contribution in [3.63, 3.8) is 0 Å². The van der Waals surface area contributed by atoms with E-state index in [2.05, 4.69) is 10.3 Å². The summed E-state index contributed by atoms with van der Waals surface area (Å²) in [5.41, 5.74) is 0.889. The minimum atomic E-state index is -0.146. The number of carbonyl (C=O) groups excluding carboxylic acids is 1. The molecule has 0 saturated carbocycles. The molecule has 8 heteroatoms. The largest absolute Gasteiger partial charge is 0.485 e. The average Bonchev–Trinajstić information content (AvgIpc) is 3.00. The molecule has 27 heavy (non-hydrogen) atoms. The Morgan fingerprint density at radius 3 is 2.96 bits per heavy atom. The molecule has 0 unspecified atom stereocenters. The molecule has 142 valence electrons. The summed E-state index contributed by atoms with van der Waals surface area (Å²) in [6, 6.07) is 6.48. The van der Waals surface area contributed by atoms with Gasteiger partial charge < -0.3 is 10.1 Å². The van der Waals surface area contributed by atoms with Crippen LogP contribution in [0.15, 0.2) is 35.3 Å². The van der Waals surface area contributed by atoms with Gasteiger partial charge in [-0.25, -0.2) is 4.98 Å². The number of ether oxygens (including phenoxy) is 1. The van der Waals surface area contributed by atoms with Crippen LogP contribution in [0, 0.1) is 6.92 Å². The predicted molar refractivity (Wildman–Crippen MR) is 108 cm³/mol. The van der Waals surface area contributed by atoms with Crippen molar-refractivity contribution in [2.24, 2.45) is 0 Å². The van der Waals surface area contributed by atoms with Crippen molar-refractivity contribution in [1.82, 2.24) is 9.38 Å². The van der Waals surface area contributed by atoms with E-state index in [4.69, 9.17) is 16.3 Å². The number of aromatic nitrogens is 2. The zero-order valence-electron chi connectivity index (χ0n) is 15.1. The molecule has 0 fully saturated rings. The quantitative estimate of drug-likeness (QED) is 0.631. The van der Waals surface area contributed by atoms with Crippen LogP contribution < -0.4 is 15.6 Å². The van der Waals surface area contributed by atoms with Gasteiger partial charge in [-0.1, -0.05) is 24.9 Å². The molecule has 0 spiro atoms. The average molecular weight is 406 g/mol. The van der Waals surface area contributed by atoms with Crippen molar-refractivity contribution in [3.8, 4) is 5.75 Å². The number of nitrogens with zero attached hydrogens (tertiary/aromatic N) is 2. The Balaban J connectivity index is 1.77. The van der Waals surface area contributed by atoms with Gasteiger partial charge in [-0.05, 0) is 31.5 Å². The van der Waals surface area contributed by atoms with Gasteiger partial charge in [0, 0.05) is 28.6 Å². The first kappa shape index (κ1) is 19.4. The van der Waals surface area contributed by atoms with Crippen LogP contribution in [0.2, 0.25) is 5.02 Å². The number of halogens is 1. The monoisotopic (exact) mass is 405 g/mol. The fourth-order valence-electron chi connectivity index (χ4n) is 2.56. The summed E-state index contributed by atoms with van der Waals surface area (Å²) in [4.78, 5) is 30.3. The van der Waals surface area contributed by atoms with Crippen LogP contribution in [0.5, 0.6) is 5.75 Å². The maximum Gasteiger partial charge on any atom is 0.258 e. The number of fused-ring (bicyclic) bond motifs is 1. The number of unbranched alkanes of at least 4 members (excludes halogenated alkanes) is 1. The highest BCUT2D eigenvalue weighted by Gasteiger charge is 2.11. The van der Waals surface area contributed by atoms with E-state index in [1.54, 1.807) is 24.4 Å². The number of thiazole rings is 1. The van der Waals surface area contributed by atoms with Gasteiger partial charge in [-0.2, -0.15) is 0 Å². The number of hydrogen-bond donors (Lipinski definition) is 1. The molecule has 1 amide bonds. The number of amides is 1. The highest BCUT2D eigenvalue weighted by atomic mass is 35.5. The third-order valence-electron chi connectivity index (χ3n) is 3.88. The smallest absolute Gasteiger partial charge is 0.258 e. The summed E-state index contributed by atoms with van der Waals surface area (Å²) in [5.74, 6) is 0.393. The van der Waals surface area contributed by atoms with E-state index >= 15 is 0 Å². The fourth-order valence-corrected chi connectivity index (χ4v) is 3.58. The first-order valence-corrected chi connectivity index (χ1v) is 9.86. The van der Waals surface area contributed by atoms with Gasteiger partial charge in [0.15, 0.2) is 4.96 Å². The van der Waals surface area contributed by atoms with Crippen LogP contribution in [0.4, 0.5) is 5.69 Å². The molecule has 0 aliphatic carbocycles. The Labute approximate surface area is 165 Å². The van der Waals surface area contributed by atoms with Crippen LogP contribution in [0.1, 0.15) is 36.8 Å². The Morgan fingerprint density at radius 1 is 1.37 bits per heavy atom. The number of hydrogen-bond acceptors (Lipinski definition) is 5. The van der Waals surface area contributed by atoms with E-state index in [0.29, 0.717) is 33.5 Å². The lowest BCUT2D eigenvalue weighted by atomic mass is 10.2. The Kier molecular flexibility index (Phi) is 6.13. The van der Waals surface area contributed by atoms with Crippen LogP contribution in [0.25, 0.3) is 4.96 Å². The SMILES string of the molecule is CCCCC(=O)Nc1cc(Cl)ccc1OCc1cc(=O)n2cc(C)sc2n1. The second kappa shape index (κ2) is 8.54. The first-order chi connectivity index (χ1) is 13.0. The molecule has 0 saturated heterocycles. The van der Waals surface area contributed by atoms with E-state index in [1.807, 2.05) is 13.8 Å². The summed E-state index contributed by atoms with van der Waals surface area (Å²) < 4.78 is 7.33. The predicted octanol–water partition coefficient (Wildman–Crippen LogP) is 4.43. The Morgan fingerprint density at radius 2 is 2.19 bits per heavy atom. The Hall–Kier alpha value is -2.38.